The Morgan fingerprint density at radius 1 is 1.11 bits per heavy atom. The van der Waals surface area contributed by atoms with Crippen molar-refractivity contribution < 1.29 is 18.1 Å². The number of hydrogen-bond acceptors (Lipinski definition) is 4. The van der Waals surface area contributed by atoms with Crippen LogP contribution in [0.2, 0.25) is 0 Å². The minimum absolute atomic E-state index is 0.298. The van der Waals surface area contributed by atoms with Crippen molar-refractivity contribution in [2.24, 2.45) is 0 Å². The largest absolute Gasteiger partial charge is 0.529 e. The first-order valence-electron chi connectivity index (χ1n) is 6.62. The van der Waals surface area contributed by atoms with Gasteiger partial charge in [-0.3, -0.25) is 9.05 Å². The summed E-state index contributed by atoms with van der Waals surface area (Å²) in [6, 6.07) is 0. The molecule has 0 unspecified atom stereocenters. The summed E-state index contributed by atoms with van der Waals surface area (Å²) in [5.74, 6) is 0. The molecule has 1 rings (SSSR count). The van der Waals surface area contributed by atoms with Crippen LogP contribution in [0.15, 0.2) is 24.0 Å². The number of hydrogen-bond donors (Lipinski definition) is 0. The summed E-state index contributed by atoms with van der Waals surface area (Å²) in [7, 11) is -3.41. The highest BCUT2D eigenvalue weighted by atomic mass is 31.2. The van der Waals surface area contributed by atoms with Crippen LogP contribution in [0.3, 0.4) is 0 Å². The highest BCUT2D eigenvalue weighted by Gasteiger charge is 2.24. The average molecular weight is 274 g/mol. The van der Waals surface area contributed by atoms with Crippen LogP contribution in [-0.4, -0.2) is 13.2 Å². The summed E-state index contributed by atoms with van der Waals surface area (Å²) in [4.78, 5) is 0. The van der Waals surface area contributed by atoms with E-state index in [1.807, 2.05) is 6.08 Å². The maximum Gasteiger partial charge on any atom is 0.529 e. The van der Waals surface area contributed by atoms with Gasteiger partial charge in [0, 0.05) is 0 Å². The van der Waals surface area contributed by atoms with E-state index in [1.54, 1.807) is 19.9 Å². The van der Waals surface area contributed by atoms with Crippen LogP contribution in [0, 0.1) is 0 Å². The van der Waals surface area contributed by atoms with Gasteiger partial charge in [-0.15, -0.1) is 0 Å². The first kappa shape index (κ1) is 15.5. The molecule has 0 saturated heterocycles. The van der Waals surface area contributed by atoms with Gasteiger partial charge in [0.25, 0.3) is 0 Å². The molecule has 1 saturated carbocycles. The van der Waals surface area contributed by atoms with E-state index in [-0.39, 0.29) is 0 Å². The van der Waals surface area contributed by atoms with Gasteiger partial charge in [-0.25, -0.2) is 4.57 Å². The molecular weight excluding hydrogens is 251 g/mol. The van der Waals surface area contributed by atoms with Crippen molar-refractivity contribution in [1.29, 1.82) is 0 Å². The molecular formula is C13H23O4P. The van der Waals surface area contributed by atoms with Gasteiger partial charge in [-0.2, -0.15) is 0 Å². The minimum Gasteiger partial charge on any atom is -0.412 e. The van der Waals surface area contributed by atoms with Crippen LogP contribution >= 0.6 is 7.82 Å². The van der Waals surface area contributed by atoms with Gasteiger partial charge in [-0.05, 0) is 45.6 Å². The fourth-order valence-electron chi connectivity index (χ4n) is 1.87. The lowest BCUT2D eigenvalue weighted by molar-refractivity contribution is 0.154. The Bertz CT molecular complexity index is 318. The van der Waals surface area contributed by atoms with Gasteiger partial charge >= 0.3 is 7.82 Å². The van der Waals surface area contributed by atoms with E-state index in [0.29, 0.717) is 13.2 Å². The molecule has 0 bridgehead atoms. The monoisotopic (exact) mass is 274 g/mol. The Morgan fingerprint density at radius 3 is 2.28 bits per heavy atom. The maximum atomic E-state index is 11.9. The summed E-state index contributed by atoms with van der Waals surface area (Å²) in [5, 5.41) is 0. The highest BCUT2D eigenvalue weighted by Crippen LogP contribution is 2.49. The zero-order chi connectivity index (χ0) is 13.3. The third kappa shape index (κ3) is 5.85. The van der Waals surface area contributed by atoms with E-state index >= 15 is 0 Å². The predicted molar refractivity (Wildman–Crippen MR) is 72.3 cm³/mol. The lowest BCUT2D eigenvalue weighted by Crippen LogP contribution is -1.96. The van der Waals surface area contributed by atoms with E-state index in [0.717, 1.165) is 12.8 Å². The van der Waals surface area contributed by atoms with E-state index < -0.39 is 7.82 Å². The first-order valence-corrected chi connectivity index (χ1v) is 8.08. The average Bonchev–Trinajstić information content (AvgIpc) is 2.37. The molecule has 0 aromatic carbocycles. The molecule has 0 aromatic rings. The summed E-state index contributed by atoms with van der Waals surface area (Å²) in [5.41, 5.74) is 1.42. The normalized spacial score (nSPS) is 17.1. The minimum atomic E-state index is -3.41. The van der Waals surface area contributed by atoms with Crippen molar-refractivity contribution in [2.45, 2.75) is 46.0 Å². The van der Waals surface area contributed by atoms with Crippen molar-refractivity contribution >= 4 is 7.82 Å². The second-order valence-corrected chi connectivity index (χ2v) is 5.72. The molecule has 0 amide bonds. The van der Waals surface area contributed by atoms with Crippen LogP contribution in [-0.2, 0) is 18.1 Å². The van der Waals surface area contributed by atoms with Crippen molar-refractivity contribution in [2.75, 3.05) is 13.2 Å². The third-order valence-corrected chi connectivity index (χ3v) is 4.20. The van der Waals surface area contributed by atoms with Crippen LogP contribution in [0.1, 0.15) is 46.0 Å². The summed E-state index contributed by atoms with van der Waals surface area (Å²) in [6.07, 6.45) is 11.3. The van der Waals surface area contributed by atoms with Gasteiger partial charge in [0.1, 0.15) is 0 Å². The van der Waals surface area contributed by atoms with Crippen LogP contribution in [0.5, 0.6) is 0 Å². The van der Waals surface area contributed by atoms with Gasteiger partial charge in [-0.1, -0.05) is 18.1 Å². The molecule has 1 fully saturated rings. The van der Waals surface area contributed by atoms with Crippen molar-refractivity contribution in [1.82, 2.24) is 0 Å². The van der Waals surface area contributed by atoms with Crippen LogP contribution in [0.4, 0.5) is 0 Å². The second-order valence-electron chi connectivity index (χ2n) is 4.10. The highest BCUT2D eigenvalue weighted by molar-refractivity contribution is 7.48. The SMILES string of the molecule is CCOP(=O)(O/C=C/C=C1CCCCC1)OCC. The third-order valence-electron chi connectivity index (χ3n) is 2.67. The molecule has 4 nitrogen and oxygen atoms in total. The number of rotatable bonds is 7. The molecule has 0 heterocycles. The Hall–Kier alpha value is -0.570. The van der Waals surface area contributed by atoms with Gasteiger partial charge in [0.15, 0.2) is 0 Å². The summed E-state index contributed by atoms with van der Waals surface area (Å²) < 4.78 is 27.0. The Balaban J connectivity index is 2.43. The topological polar surface area (TPSA) is 44.8 Å². The standard InChI is InChI=1S/C13H23O4P/c1-3-15-18(14,16-4-2)17-12-8-11-13-9-6-5-7-10-13/h8,11-12H,3-7,9-10H2,1-2H3/b12-8+. The Morgan fingerprint density at radius 2 is 1.72 bits per heavy atom. The van der Waals surface area contributed by atoms with Gasteiger partial charge in [0.05, 0.1) is 19.5 Å². The molecule has 0 N–H and O–H groups in total. The zero-order valence-electron chi connectivity index (χ0n) is 11.3. The van der Waals surface area contributed by atoms with E-state index in [9.17, 15) is 4.57 Å². The first-order chi connectivity index (χ1) is 8.70. The van der Waals surface area contributed by atoms with Gasteiger partial charge < -0.3 is 4.52 Å². The fourth-order valence-corrected chi connectivity index (χ4v) is 2.92. The van der Waals surface area contributed by atoms with Crippen molar-refractivity contribution in [3.05, 3.63) is 24.0 Å². The van der Waals surface area contributed by atoms with Gasteiger partial charge in [0.2, 0.25) is 0 Å². The molecule has 0 aromatic heterocycles. The molecule has 0 spiro atoms. The molecule has 0 radical (unpaired) electrons. The van der Waals surface area contributed by atoms with Crippen molar-refractivity contribution in [3.63, 3.8) is 0 Å². The molecule has 1 aliphatic rings. The van der Waals surface area contributed by atoms with E-state index in [4.69, 9.17) is 13.6 Å². The van der Waals surface area contributed by atoms with E-state index in [1.165, 1.54) is 31.1 Å². The molecule has 1 aliphatic carbocycles. The molecule has 5 heteroatoms. The quantitative estimate of drug-likeness (QED) is 0.503. The lowest BCUT2D eigenvalue weighted by atomic mass is 9.95. The number of phosphoric acid groups is 1. The molecule has 18 heavy (non-hydrogen) atoms. The zero-order valence-corrected chi connectivity index (χ0v) is 12.2. The summed E-state index contributed by atoms with van der Waals surface area (Å²) in [6.45, 7) is 4.10. The lowest BCUT2D eigenvalue weighted by Gasteiger charge is -2.14. The predicted octanol–water partition coefficient (Wildman–Crippen LogP) is 4.59. The second kappa shape index (κ2) is 8.52. The number of allylic oxidation sites excluding steroid dienone is 3. The smallest absolute Gasteiger partial charge is 0.412 e. The molecule has 0 atom stereocenters. The Labute approximate surface area is 110 Å². The molecule has 0 aliphatic heterocycles. The van der Waals surface area contributed by atoms with E-state index in [2.05, 4.69) is 0 Å². The molecule has 104 valence electrons. The summed E-state index contributed by atoms with van der Waals surface area (Å²) >= 11 is 0. The number of phosphoric ester groups is 1. The Kier molecular flexibility index (Phi) is 7.33. The van der Waals surface area contributed by atoms with Crippen molar-refractivity contribution in [3.8, 4) is 0 Å². The maximum absolute atomic E-state index is 11.9. The fraction of sp³-hybridized carbons (Fsp3) is 0.692. The van der Waals surface area contributed by atoms with Crippen LogP contribution in [0.25, 0.3) is 0 Å². The van der Waals surface area contributed by atoms with Crippen LogP contribution < -0.4 is 0 Å².